The molecule has 0 bridgehead atoms. The quantitative estimate of drug-likeness (QED) is 0.243. The van der Waals surface area contributed by atoms with E-state index >= 15 is 0 Å². The Morgan fingerprint density at radius 1 is 0.500 bits per heavy atom. The Balaban J connectivity index is 1.91. The molecule has 0 radical (unpaired) electrons. The summed E-state index contributed by atoms with van der Waals surface area (Å²) in [4.78, 5) is 0. The van der Waals surface area contributed by atoms with Gasteiger partial charge in [-0.05, 0) is 53.1 Å². The number of rotatable bonds is 11. The molecule has 200 valence electrons. The van der Waals surface area contributed by atoms with Crippen LogP contribution in [0.25, 0.3) is 22.3 Å². The van der Waals surface area contributed by atoms with Gasteiger partial charge in [-0.3, -0.25) is 0 Å². The van der Waals surface area contributed by atoms with E-state index in [9.17, 15) is 0 Å². The van der Waals surface area contributed by atoms with Crippen LogP contribution in [-0.4, -0.2) is 54.3 Å². The Labute approximate surface area is 223 Å². The summed E-state index contributed by atoms with van der Waals surface area (Å²) in [5.41, 5.74) is 4.86. The normalized spacial score (nSPS) is 10.6. The standard InChI is InChI=1S/C30H33NO7/c1-32-22-10-8-19(9-11-22)16-31-17-23(20-12-25(33-2)29(37-6)26(13-20)34-3)24(18-31)21-14-27(35-4)30(38-7)28(15-21)36-5/h8-15,17-18H,16H2,1-7H3. The summed E-state index contributed by atoms with van der Waals surface area (Å²) in [6.45, 7) is 0.659. The van der Waals surface area contributed by atoms with E-state index in [4.69, 9.17) is 33.2 Å². The minimum atomic E-state index is 0.533. The highest BCUT2D eigenvalue weighted by molar-refractivity contribution is 5.87. The number of benzene rings is 3. The van der Waals surface area contributed by atoms with Crippen molar-refractivity contribution < 1.29 is 33.2 Å². The van der Waals surface area contributed by atoms with E-state index in [-0.39, 0.29) is 0 Å². The zero-order chi connectivity index (χ0) is 27.2. The molecule has 0 spiro atoms. The maximum Gasteiger partial charge on any atom is 0.203 e. The van der Waals surface area contributed by atoms with E-state index in [1.165, 1.54) is 0 Å². The van der Waals surface area contributed by atoms with Crippen molar-refractivity contribution in [1.82, 2.24) is 4.57 Å². The number of methoxy groups -OCH3 is 7. The van der Waals surface area contributed by atoms with Gasteiger partial charge in [0.25, 0.3) is 0 Å². The average Bonchev–Trinajstić information content (AvgIpc) is 3.39. The molecule has 0 atom stereocenters. The molecule has 1 heterocycles. The van der Waals surface area contributed by atoms with Crippen LogP contribution in [0.15, 0.2) is 60.9 Å². The molecule has 0 unspecified atom stereocenters. The third-order valence-electron chi connectivity index (χ3n) is 6.36. The first-order valence-electron chi connectivity index (χ1n) is 11.9. The molecule has 1 aromatic heterocycles. The van der Waals surface area contributed by atoms with Crippen LogP contribution in [0.5, 0.6) is 40.2 Å². The molecule has 3 aromatic carbocycles. The van der Waals surface area contributed by atoms with Crippen LogP contribution >= 0.6 is 0 Å². The summed E-state index contributed by atoms with van der Waals surface area (Å²) in [5.74, 6) is 4.16. The first-order valence-corrected chi connectivity index (χ1v) is 11.9. The smallest absolute Gasteiger partial charge is 0.203 e. The second-order valence-electron chi connectivity index (χ2n) is 8.43. The van der Waals surface area contributed by atoms with Crippen molar-refractivity contribution in [1.29, 1.82) is 0 Å². The monoisotopic (exact) mass is 519 g/mol. The van der Waals surface area contributed by atoms with Crippen LogP contribution in [0.2, 0.25) is 0 Å². The molecular weight excluding hydrogens is 486 g/mol. The van der Waals surface area contributed by atoms with E-state index in [0.717, 1.165) is 33.6 Å². The fraction of sp³-hybridized carbons (Fsp3) is 0.267. The van der Waals surface area contributed by atoms with Gasteiger partial charge in [0.15, 0.2) is 23.0 Å². The predicted molar refractivity (Wildman–Crippen MR) is 147 cm³/mol. The van der Waals surface area contributed by atoms with Crippen molar-refractivity contribution in [2.75, 3.05) is 49.8 Å². The number of ether oxygens (including phenoxy) is 7. The van der Waals surface area contributed by atoms with Gasteiger partial charge in [-0.15, -0.1) is 0 Å². The average molecular weight is 520 g/mol. The predicted octanol–water partition coefficient (Wildman–Crippen LogP) is 5.93. The lowest BCUT2D eigenvalue weighted by atomic mass is 9.97. The molecule has 8 nitrogen and oxygen atoms in total. The Kier molecular flexibility index (Phi) is 8.21. The zero-order valence-electron chi connectivity index (χ0n) is 22.8. The van der Waals surface area contributed by atoms with Gasteiger partial charge in [-0.2, -0.15) is 0 Å². The Bertz CT molecular complexity index is 1260. The SMILES string of the molecule is COc1ccc(Cn2cc(-c3cc(OC)c(OC)c(OC)c3)c(-c3cc(OC)c(OC)c(OC)c3)c2)cc1. The van der Waals surface area contributed by atoms with Gasteiger partial charge >= 0.3 is 0 Å². The molecule has 0 N–H and O–H groups in total. The van der Waals surface area contributed by atoms with Gasteiger partial charge < -0.3 is 37.7 Å². The summed E-state index contributed by atoms with van der Waals surface area (Å²) in [7, 11) is 11.3. The Morgan fingerprint density at radius 3 is 1.21 bits per heavy atom. The van der Waals surface area contributed by atoms with Crippen LogP contribution in [0.1, 0.15) is 5.56 Å². The fourth-order valence-electron chi connectivity index (χ4n) is 4.47. The first-order chi connectivity index (χ1) is 18.5. The lowest BCUT2D eigenvalue weighted by Crippen LogP contribution is -1.96. The highest BCUT2D eigenvalue weighted by Crippen LogP contribution is 2.46. The molecule has 4 aromatic rings. The maximum absolute atomic E-state index is 5.63. The minimum absolute atomic E-state index is 0.533. The molecule has 0 saturated heterocycles. The fourth-order valence-corrected chi connectivity index (χ4v) is 4.47. The van der Waals surface area contributed by atoms with Crippen molar-refractivity contribution >= 4 is 0 Å². The van der Waals surface area contributed by atoms with E-state index in [1.54, 1.807) is 49.8 Å². The molecule has 4 rings (SSSR count). The topological polar surface area (TPSA) is 69.5 Å². The molecular formula is C30H33NO7. The van der Waals surface area contributed by atoms with Crippen molar-refractivity contribution in [2.45, 2.75) is 6.54 Å². The summed E-state index contributed by atoms with van der Waals surface area (Å²) in [5, 5.41) is 0. The van der Waals surface area contributed by atoms with Crippen LogP contribution in [0.3, 0.4) is 0 Å². The molecule has 8 heteroatoms. The van der Waals surface area contributed by atoms with Crippen LogP contribution in [-0.2, 0) is 6.54 Å². The molecule has 0 fully saturated rings. The van der Waals surface area contributed by atoms with Crippen LogP contribution in [0, 0.1) is 0 Å². The Hall–Kier alpha value is -4.46. The molecule has 0 aliphatic heterocycles. The van der Waals surface area contributed by atoms with Crippen molar-refractivity contribution in [3.63, 3.8) is 0 Å². The third kappa shape index (κ3) is 5.16. The number of hydrogen-bond donors (Lipinski definition) is 0. The zero-order valence-corrected chi connectivity index (χ0v) is 22.8. The Morgan fingerprint density at radius 2 is 0.895 bits per heavy atom. The van der Waals surface area contributed by atoms with Crippen LogP contribution in [0.4, 0.5) is 0 Å². The molecule has 38 heavy (non-hydrogen) atoms. The highest BCUT2D eigenvalue weighted by Gasteiger charge is 2.21. The summed E-state index contributed by atoms with van der Waals surface area (Å²) in [6.07, 6.45) is 4.20. The molecule has 0 amide bonds. The first kappa shape index (κ1) is 26.6. The van der Waals surface area contributed by atoms with Gasteiger partial charge in [0.1, 0.15) is 5.75 Å². The number of hydrogen-bond acceptors (Lipinski definition) is 7. The van der Waals surface area contributed by atoms with E-state index in [2.05, 4.69) is 29.1 Å². The lowest BCUT2D eigenvalue weighted by Gasteiger charge is -2.16. The van der Waals surface area contributed by atoms with Gasteiger partial charge in [0.05, 0.1) is 49.8 Å². The van der Waals surface area contributed by atoms with Gasteiger partial charge in [-0.25, -0.2) is 0 Å². The summed E-state index contributed by atoms with van der Waals surface area (Å²) < 4.78 is 41.1. The highest BCUT2D eigenvalue weighted by atomic mass is 16.5. The minimum Gasteiger partial charge on any atom is -0.497 e. The number of aromatic nitrogens is 1. The van der Waals surface area contributed by atoms with E-state index < -0.39 is 0 Å². The molecule has 0 aliphatic rings. The van der Waals surface area contributed by atoms with Crippen molar-refractivity contribution in [3.8, 4) is 62.5 Å². The van der Waals surface area contributed by atoms with E-state index in [0.29, 0.717) is 41.0 Å². The third-order valence-corrected chi connectivity index (χ3v) is 6.36. The molecule has 0 aliphatic carbocycles. The number of nitrogens with zero attached hydrogens (tertiary/aromatic N) is 1. The van der Waals surface area contributed by atoms with Crippen molar-refractivity contribution in [2.24, 2.45) is 0 Å². The van der Waals surface area contributed by atoms with Gasteiger partial charge in [0.2, 0.25) is 11.5 Å². The summed E-state index contributed by atoms with van der Waals surface area (Å²) in [6, 6.07) is 15.8. The van der Waals surface area contributed by atoms with Gasteiger partial charge in [0, 0.05) is 30.1 Å². The lowest BCUT2D eigenvalue weighted by molar-refractivity contribution is 0.324. The second kappa shape index (κ2) is 11.7. The second-order valence-corrected chi connectivity index (χ2v) is 8.43. The maximum atomic E-state index is 5.63. The van der Waals surface area contributed by atoms with Crippen molar-refractivity contribution in [3.05, 3.63) is 66.5 Å². The largest absolute Gasteiger partial charge is 0.497 e. The molecule has 0 saturated carbocycles. The van der Waals surface area contributed by atoms with Gasteiger partial charge in [-0.1, -0.05) is 12.1 Å². The van der Waals surface area contributed by atoms with Crippen LogP contribution < -0.4 is 33.2 Å². The van der Waals surface area contributed by atoms with E-state index in [1.807, 2.05) is 36.4 Å². The summed E-state index contributed by atoms with van der Waals surface area (Å²) >= 11 is 0.